The Morgan fingerprint density at radius 3 is 2.76 bits per heavy atom. The van der Waals surface area contributed by atoms with Crippen LogP contribution in [0.5, 0.6) is 0 Å². The number of carbonyl (C=O) groups is 2. The van der Waals surface area contributed by atoms with E-state index in [0.717, 1.165) is 16.6 Å². The second-order valence-corrected chi connectivity index (χ2v) is 4.60. The molecule has 106 valence electrons. The van der Waals surface area contributed by atoms with Crippen molar-refractivity contribution in [3.8, 4) is 0 Å². The van der Waals surface area contributed by atoms with E-state index in [1.807, 2.05) is 31.2 Å². The van der Waals surface area contributed by atoms with Crippen molar-refractivity contribution in [2.24, 2.45) is 0 Å². The molecule has 0 bridgehead atoms. The van der Waals surface area contributed by atoms with E-state index in [1.165, 1.54) is 6.07 Å². The van der Waals surface area contributed by atoms with Crippen molar-refractivity contribution in [3.63, 3.8) is 0 Å². The third-order valence-corrected chi connectivity index (χ3v) is 3.17. The zero-order chi connectivity index (χ0) is 15.0. The Morgan fingerprint density at radius 1 is 1.29 bits per heavy atom. The Labute approximate surface area is 119 Å². The molecule has 2 aromatic heterocycles. The molecule has 2 heterocycles. The molecular formula is C14H12N4O3. The van der Waals surface area contributed by atoms with Crippen LogP contribution in [0.15, 0.2) is 30.3 Å². The third kappa shape index (κ3) is 2.25. The van der Waals surface area contributed by atoms with Gasteiger partial charge in [-0.15, -0.1) is 0 Å². The van der Waals surface area contributed by atoms with E-state index >= 15 is 0 Å². The van der Waals surface area contributed by atoms with E-state index in [9.17, 15) is 9.59 Å². The molecule has 0 atom stereocenters. The monoisotopic (exact) mass is 284 g/mol. The first kappa shape index (κ1) is 12.9. The van der Waals surface area contributed by atoms with Crippen LogP contribution in [-0.2, 0) is 0 Å². The molecule has 3 rings (SSSR count). The quantitative estimate of drug-likeness (QED) is 0.590. The summed E-state index contributed by atoms with van der Waals surface area (Å²) >= 11 is 0. The Morgan fingerprint density at radius 2 is 2.05 bits per heavy atom. The number of carbonyl (C=O) groups excluding carboxylic acids is 1. The van der Waals surface area contributed by atoms with E-state index in [4.69, 9.17) is 5.11 Å². The van der Waals surface area contributed by atoms with Crippen LogP contribution in [0.4, 0.5) is 5.82 Å². The van der Waals surface area contributed by atoms with Gasteiger partial charge in [0.05, 0.1) is 5.56 Å². The summed E-state index contributed by atoms with van der Waals surface area (Å²) in [6.45, 7) is 1.81. The average molecular weight is 284 g/mol. The van der Waals surface area contributed by atoms with Gasteiger partial charge in [-0.2, -0.15) is 5.10 Å². The van der Waals surface area contributed by atoms with Gasteiger partial charge in [-0.1, -0.05) is 18.2 Å². The number of carboxylic acid groups (broad SMARTS) is 1. The molecule has 7 nitrogen and oxygen atoms in total. The number of para-hydroxylation sites is 1. The van der Waals surface area contributed by atoms with Crippen molar-refractivity contribution in [2.75, 3.05) is 5.32 Å². The molecule has 1 aromatic carbocycles. The fourth-order valence-corrected chi connectivity index (χ4v) is 2.24. The van der Waals surface area contributed by atoms with Crippen LogP contribution < -0.4 is 5.32 Å². The minimum atomic E-state index is -1.13. The maximum Gasteiger partial charge on any atom is 0.353 e. The number of aromatic nitrogens is 3. The molecular weight excluding hydrogens is 272 g/mol. The van der Waals surface area contributed by atoms with Crippen molar-refractivity contribution in [1.29, 1.82) is 0 Å². The number of hydrogen-bond acceptors (Lipinski definition) is 3. The highest BCUT2D eigenvalue weighted by Crippen LogP contribution is 2.22. The summed E-state index contributed by atoms with van der Waals surface area (Å²) in [6, 6.07) is 8.73. The second-order valence-electron chi connectivity index (χ2n) is 4.60. The second kappa shape index (κ2) is 4.78. The lowest BCUT2D eigenvalue weighted by Crippen LogP contribution is -2.13. The molecule has 7 heteroatoms. The Bertz CT molecular complexity index is 847. The summed E-state index contributed by atoms with van der Waals surface area (Å²) in [5, 5.41) is 18.3. The van der Waals surface area contributed by atoms with Crippen molar-refractivity contribution in [3.05, 3.63) is 47.3 Å². The molecule has 3 aromatic rings. The van der Waals surface area contributed by atoms with Gasteiger partial charge in [0.2, 0.25) is 0 Å². The molecule has 0 unspecified atom stereocenters. The number of aromatic amines is 2. The highest BCUT2D eigenvalue weighted by atomic mass is 16.4. The number of H-pyrrole nitrogens is 2. The van der Waals surface area contributed by atoms with Gasteiger partial charge in [0.1, 0.15) is 5.69 Å². The van der Waals surface area contributed by atoms with Gasteiger partial charge in [-0.3, -0.25) is 9.89 Å². The molecule has 0 fully saturated rings. The smallest absolute Gasteiger partial charge is 0.353 e. The van der Waals surface area contributed by atoms with Gasteiger partial charge in [-0.25, -0.2) is 4.79 Å². The van der Waals surface area contributed by atoms with Gasteiger partial charge in [0, 0.05) is 22.7 Å². The number of rotatable bonds is 3. The molecule has 0 spiro atoms. The van der Waals surface area contributed by atoms with E-state index < -0.39 is 5.97 Å². The van der Waals surface area contributed by atoms with Gasteiger partial charge in [0.25, 0.3) is 5.91 Å². The van der Waals surface area contributed by atoms with Crippen LogP contribution in [0.2, 0.25) is 0 Å². The van der Waals surface area contributed by atoms with E-state index in [1.54, 1.807) is 0 Å². The van der Waals surface area contributed by atoms with Crippen LogP contribution in [0.25, 0.3) is 10.9 Å². The maximum absolute atomic E-state index is 12.4. The number of nitrogens with one attached hydrogen (secondary N) is 3. The fraction of sp³-hybridized carbons (Fsp3) is 0.0714. The SMILES string of the molecule is Cc1[nH]c2ccccc2c1C(=O)Nc1cc(C(=O)O)[nH]n1. The number of amides is 1. The molecule has 4 N–H and O–H groups in total. The molecule has 0 aliphatic heterocycles. The molecule has 1 amide bonds. The van der Waals surface area contributed by atoms with Crippen LogP contribution in [-0.4, -0.2) is 32.2 Å². The standard InChI is InChI=1S/C14H12N4O3/c1-7-12(8-4-2-3-5-9(8)15-7)13(19)16-11-6-10(14(20)21)17-18-11/h2-6,15H,1H3,(H,20,21)(H2,16,17,18,19). The number of aromatic carboxylic acids is 1. The number of fused-ring (bicyclic) bond motifs is 1. The summed E-state index contributed by atoms with van der Waals surface area (Å²) in [7, 11) is 0. The number of benzene rings is 1. The highest BCUT2D eigenvalue weighted by Gasteiger charge is 2.17. The summed E-state index contributed by atoms with van der Waals surface area (Å²) in [5.74, 6) is -1.30. The van der Waals surface area contributed by atoms with Crippen LogP contribution >= 0.6 is 0 Å². The topological polar surface area (TPSA) is 111 Å². The Kier molecular flexibility index (Phi) is 2.94. The van der Waals surface area contributed by atoms with Crippen molar-refractivity contribution >= 4 is 28.6 Å². The summed E-state index contributed by atoms with van der Waals surface area (Å²) in [4.78, 5) is 26.3. The highest BCUT2D eigenvalue weighted by molar-refractivity contribution is 6.13. The van der Waals surface area contributed by atoms with E-state index in [-0.39, 0.29) is 17.4 Å². The molecule has 0 radical (unpaired) electrons. The third-order valence-electron chi connectivity index (χ3n) is 3.17. The number of nitrogens with zero attached hydrogens (tertiary/aromatic N) is 1. The average Bonchev–Trinajstić information content (AvgIpc) is 3.01. The Balaban J connectivity index is 1.93. The van der Waals surface area contributed by atoms with Crippen molar-refractivity contribution in [1.82, 2.24) is 15.2 Å². The Hall–Kier alpha value is -3.09. The lowest BCUT2D eigenvalue weighted by molar-refractivity contribution is 0.0690. The minimum absolute atomic E-state index is 0.0825. The van der Waals surface area contributed by atoms with Gasteiger partial charge in [0.15, 0.2) is 5.82 Å². The van der Waals surface area contributed by atoms with Gasteiger partial charge >= 0.3 is 5.97 Å². The van der Waals surface area contributed by atoms with Crippen LogP contribution in [0.1, 0.15) is 26.5 Å². The van der Waals surface area contributed by atoms with Crippen molar-refractivity contribution < 1.29 is 14.7 Å². The van der Waals surface area contributed by atoms with Gasteiger partial charge < -0.3 is 15.4 Å². The van der Waals surface area contributed by atoms with Gasteiger partial charge in [-0.05, 0) is 13.0 Å². The number of hydrogen-bond donors (Lipinski definition) is 4. The minimum Gasteiger partial charge on any atom is -0.477 e. The molecule has 0 saturated carbocycles. The molecule has 0 aliphatic carbocycles. The predicted molar refractivity (Wildman–Crippen MR) is 76.5 cm³/mol. The van der Waals surface area contributed by atoms with E-state index in [0.29, 0.717) is 5.56 Å². The lowest BCUT2D eigenvalue weighted by Gasteiger charge is -2.01. The molecule has 0 saturated heterocycles. The number of carboxylic acids is 1. The predicted octanol–water partition coefficient (Wildman–Crippen LogP) is 2.15. The summed E-state index contributed by atoms with van der Waals surface area (Å²) < 4.78 is 0. The maximum atomic E-state index is 12.4. The van der Waals surface area contributed by atoms with E-state index in [2.05, 4.69) is 20.5 Å². The van der Waals surface area contributed by atoms with Crippen LogP contribution in [0.3, 0.4) is 0 Å². The lowest BCUT2D eigenvalue weighted by atomic mass is 10.1. The summed E-state index contributed by atoms with van der Waals surface area (Å²) in [5.41, 5.74) is 2.04. The zero-order valence-corrected chi connectivity index (χ0v) is 11.1. The first-order chi connectivity index (χ1) is 10.1. The molecule has 21 heavy (non-hydrogen) atoms. The zero-order valence-electron chi connectivity index (χ0n) is 11.1. The van der Waals surface area contributed by atoms with Crippen LogP contribution in [0, 0.1) is 6.92 Å². The fourth-order valence-electron chi connectivity index (χ4n) is 2.24. The number of aryl methyl sites for hydroxylation is 1. The first-order valence-electron chi connectivity index (χ1n) is 6.23. The van der Waals surface area contributed by atoms with Crippen molar-refractivity contribution in [2.45, 2.75) is 6.92 Å². The molecule has 0 aliphatic rings. The first-order valence-corrected chi connectivity index (χ1v) is 6.23. The largest absolute Gasteiger partial charge is 0.477 e. The number of anilines is 1. The normalized spacial score (nSPS) is 10.7. The summed E-state index contributed by atoms with van der Waals surface area (Å²) in [6.07, 6.45) is 0.